The quantitative estimate of drug-likeness (QED) is 0.693. The van der Waals surface area contributed by atoms with Crippen molar-refractivity contribution in [3.8, 4) is 12.3 Å². The molecule has 0 unspecified atom stereocenters. The Morgan fingerprint density at radius 3 is 2.67 bits per heavy atom. The highest BCUT2D eigenvalue weighted by molar-refractivity contribution is 5.96. The Kier molecular flexibility index (Phi) is 5.54. The minimum Gasteiger partial charge on any atom is -0.335 e. The number of hydrogen-bond acceptors (Lipinski definition) is 4. The molecule has 10 heteroatoms. The molecule has 2 amide bonds. The molecule has 0 atom stereocenters. The van der Waals surface area contributed by atoms with Crippen molar-refractivity contribution < 1.29 is 22.8 Å². The highest BCUT2D eigenvalue weighted by Gasteiger charge is 2.36. The molecule has 0 bridgehead atoms. The predicted octanol–water partition coefficient (Wildman–Crippen LogP) is 2.15. The van der Waals surface area contributed by atoms with Crippen LogP contribution in [-0.4, -0.2) is 32.5 Å². The van der Waals surface area contributed by atoms with Gasteiger partial charge in [0.05, 0.1) is 12.0 Å². The van der Waals surface area contributed by atoms with Gasteiger partial charge < -0.3 is 10.6 Å². The van der Waals surface area contributed by atoms with Gasteiger partial charge >= 0.3 is 6.18 Å². The highest BCUT2D eigenvalue weighted by atomic mass is 19.4. The number of halogens is 3. The summed E-state index contributed by atoms with van der Waals surface area (Å²) in [6.45, 7) is 3.25. The topological polar surface area (TPSA) is 99.8 Å². The second kappa shape index (κ2) is 7.49. The van der Waals surface area contributed by atoms with E-state index in [1.165, 1.54) is 18.3 Å². The molecule has 2 heterocycles. The Morgan fingerprint density at radius 2 is 2.04 bits per heavy atom. The monoisotopic (exact) mass is 379 g/mol. The van der Waals surface area contributed by atoms with Crippen molar-refractivity contribution in [3.05, 3.63) is 41.5 Å². The molecule has 27 heavy (non-hydrogen) atoms. The second-order valence-electron chi connectivity index (χ2n) is 6.14. The summed E-state index contributed by atoms with van der Waals surface area (Å²) in [7, 11) is 0. The van der Waals surface area contributed by atoms with Gasteiger partial charge in [0.1, 0.15) is 5.69 Å². The molecule has 0 fully saturated rings. The van der Waals surface area contributed by atoms with Gasteiger partial charge in [0.25, 0.3) is 5.91 Å². The lowest BCUT2D eigenvalue weighted by molar-refractivity contribution is -0.141. The van der Waals surface area contributed by atoms with Crippen molar-refractivity contribution in [2.75, 3.05) is 5.32 Å². The number of nitrogens with one attached hydrogen (secondary N) is 3. The summed E-state index contributed by atoms with van der Waals surface area (Å²) in [4.78, 5) is 28.1. The Labute approximate surface area is 152 Å². The molecule has 0 radical (unpaired) electrons. The molecule has 2 aromatic rings. The minimum absolute atomic E-state index is 0.00424. The van der Waals surface area contributed by atoms with Gasteiger partial charge in [-0.05, 0) is 26.0 Å². The van der Waals surface area contributed by atoms with Gasteiger partial charge in [0.2, 0.25) is 5.91 Å². The van der Waals surface area contributed by atoms with E-state index in [1.807, 2.05) is 0 Å². The zero-order valence-corrected chi connectivity index (χ0v) is 14.4. The van der Waals surface area contributed by atoms with Gasteiger partial charge in [-0.2, -0.15) is 18.3 Å². The maximum atomic E-state index is 12.8. The van der Waals surface area contributed by atoms with Crippen molar-refractivity contribution in [1.82, 2.24) is 20.5 Å². The van der Waals surface area contributed by atoms with Gasteiger partial charge in [0.15, 0.2) is 5.69 Å². The number of hydrogen-bond donors (Lipinski definition) is 3. The number of rotatable bonds is 5. The molecular formula is C17H16F3N5O2. The van der Waals surface area contributed by atoms with E-state index in [1.54, 1.807) is 13.8 Å². The van der Waals surface area contributed by atoms with E-state index in [4.69, 9.17) is 6.42 Å². The Balaban J connectivity index is 2.08. The van der Waals surface area contributed by atoms with E-state index in [0.29, 0.717) is 0 Å². The van der Waals surface area contributed by atoms with E-state index in [0.717, 1.165) is 6.20 Å². The number of carbonyl (C=O) groups is 2. The first-order chi connectivity index (χ1) is 12.5. The van der Waals surface area contributed by atoms with Crippen molar-refractivity contribution in [2.24, 2.45) is 0 Å². The maximum absolute atomic E-state index is 12.8. The Morgan fingerprint density at radius 1 is 1.33 bits per heavy atom. The molecule has 7 nitrogen and oxygen atoms in total. The van der Waals surface area contributed by atoms with Crippen LogP contribution < -0.4 is 10.6 Å². The van der Waals surface area contributed by atoms with Crippen LogP contribution >= 0.6 is 0 Å². The number of carbonyl (C=O) groups excluding carboxylic acids is 2. The summed E-state index contributed by atoms with van der Waals surface area (Å²) in [6.07, 6.45) is 2.39. The van der Waals surface area contributed by atoms with Crippen LogP contribution in [0.2, 0.25) is 0 Å². The molecule has 2 aromatic heterocycles. The van der Waals surface area contributed by atoms with Gasteiger partial charge in [-0.3, -0.25) is 19.7 Å². The second-order valence-corrected chi connectivity index (χ2v) is 6.14. The molecule has 0 aliphatic carbocycles. The lowest BCUT2D eigenvalue weighted by atomic mass is 10.1. The van der Waals surface area contributed by atoms with E-state index in [9.17, 15) is 22.8 Å². The number of amides is 2. The summed E-state index contributed by atoms with van der Waals surface area (Å²) in [6, 6.07) is 2.70. The van der Waals surface area contributed by atoms with Crippen molar-refractivity contribution >= 4 is 17.5 Å². The van der Waals surface area contributed by atoms with Crippen LogP contribution in [-0.2, 0) is 17.4 Å². The fourth-order valence-electron chi connectivity index (χ4n) is 2.09. The summed E-state index contributed by atoms with van der Waals surface area (Å²) in [5.41, 5.74) is -2.13. The number of nitrogens with zero attached hydrogens (tertiary/aromatic N) is 2. The average Bonchev–Trinajstić information content (AvgIpc) is 3.03. The number of alkyl halides is 3. The number of pyridine rings is 1. The zero-order valence-electron chi connectivity index (χ0n) is 14.4. The Hall–Kier alpha value is -3.35. The summed E-state index contributed by atoms with van der Waals surface area (Å²) in [5.74, 6) is 1.14. The minimum atomic E-state index is -4.67. The number of terminal acetylenes is 1. The molecule has 0 aromatic carbocycles. The van der Waals surface area contributed by atoms with Crippen molar-refractivity contribution in [1.29, 1.82) is 0 Å². The van der Waals surface area contributed by atoms with Crippen LogP contribution in [0.4, 0.5) is 18.9 Å². The molecule has 2 rings (SSSR count). The third kappa shape index (κ3) is 5.31. The van der Waals surface area contributed by atoms with Gasteiger partial charge in [0, 0.05) is 23.6 Å². The molecule has 0 spiro atoms. The third-order valence-corrected chi connectivity index (χ3v) is 3.40. The van der Waals surface area contributed by atoms with Gasteiger partial charge in [-0.25, -0.2) is 0 Å². The SMILES string of the molecule is C#CC(C)(C)NC(=O)c1cc(NC(=O)Cc2c[nH]nc2C(F)(F)F)ccn1. The van der Waals surface area contributed by atoms with E-state index in [2.05, 4.69) is 31.7 Å². The summed E-state index contributed by atoms with van der Waals surface area (Å²) in [5, 5.41) is 10.2. The van der Waals surface area contributed by atoms with Crippen LogP contribution in [0.1, 0.15) is 35.6 Å². The van der Waals surface area contributed by atoms with E-state index in [-0.39, 0.29) is 16.9 Å². The number of aromatic nitrogens is 3. The molecule has 0 saturated carbocycles. The molecule has 0 saturated heterocycles. The van der Waals surface area contributed by atoms with Crippen molar-refractivity contribution in [2.45, 2.75) is 32.0 Å². The lowest BCUT2D eigenvalue weighted by Crippen LogP contribution is -2.42. The van der Waals surface area contributed by atoms with Crippen LogP contribution in [0.15, 0.2) is 24.5 Å². The average molecular weight is 379 g/mol. The molecular weight excluding hydrogens is 363 g/mol. The smallest absolute Gasteiger partial charge is 0.335 e. The van der Waals surface area contributed by atoms with Crippen LogP contribution in [0.5, 0.6) is 0 Å². The summed E-state index contributed by atoms with van der Waals surface area (Å²) < 4.78 is 38.4. The number of aromatic amines is 1. The lowest BCUT2D eigenvalue weighted by Gasteiger charge is -2.19. The van der Waals surface area contributed by atoms with Crippen molar-refractivity contribution in [3.63, 3.8) is 0 Å². The van der Waals surface area contributed by atoms with Gasteiger partial charge in [-0.15, -0.1) is 6.42 Å². The molecule has 0 aliphatic heterocycles. The van der Waals surface area contributed by atoms with Crippen LogP contribution in [0.25, 0.3) is 0 Å². The number of H-pyrrole nitrogens is 1. The maximum Gasteiger partial charge on any atom is 0.435 e. The summed E-state index contributed by atoms with van der Waals surface area (Å²) >= 11 is 0. The molecule has 0 aliphatic rings. The van der Waals surface area contributed by atoms with Gasteiger partial charge in [-0.1, -0.05) is 5.92 Å². The zero-order chi connectivity index (χ0) is 20.2. The van der Waals surface area contributed by atoms with E-state index < -0.39 is 35.6 Å². The van der Waals surface area contributed by atoms with Crippen LogP contribution in [0, 0.1) is 12.3 Å². The van der Waals surface area contributed by atoms with E-state index >= 15 is 0 Å². The first-order valence-corrected chi connectivity index (χ1v) is 7.68. The fourth-order valence-corrected chi connectivity index (χ4v) is 2.09. The largest absolute Gasteiger partial charge is 0.435 e. The Bertz CT molecular complexity index is 896. The fraction of sp³-hybridized carbons (Fsp3) is 0.294. The first-order valence-electron chi connectivity index (χ1n) is 7.68. The molecule has 3 N–H and O–H groups in total. The first kappa shape index (κ1) is 20.0. The van der Waals surface area contributed by atoms with Crippen LogP contribution in [0.3, 0.4) is 0 Å². The predicted molar refractivity (Wildman–Crippen MR) is 90.5 cm³/mol. The molecule has 142 valence electrons. The standard InChI is InChI=1S/C17H16F3N5O2/c1-4-16(2,3)24-15(27)12-8-11(5-6-21-12)23-13(26)7-10-9-22-25-14(10)17(18,19)20/h1,5-6,8-9H,7H2,2-3H3,(H,22,25)(H,24,27)(H,21,23,26). The highest BCUT2D eigenvalue weighted by Crippen LogP contribution is 2.30. The third-order valence-electron chi connectivity index (χ3n) is 3.40. The normalized spacial score (nSPS) is 11.6. The number of anilines is 1.